The number of aryl methyl sites for hydroxylation is 2. The Morgan fingerprint density at radius 1 is 0.789 bits per heavy atom. The molecule has 0 radical (unpaired) electrons. The highest BCUT2D eigenvalue weighted by atomic mass is 32.2. The number of sulfone groups is 1. The van der Waals surface area contributed by atoms with E-state index in [0.29, 0.717) is 11.1 Å². The predicted molar refractivity (Wildman–Crippen MR) is 71.1 cm³/mol. The molecule has 2 N–H and O–H groups in total. The summed E-state index contributed by atoms with van der Waals surface area (Å²) in [5.41, 5.74) is 1.02. The van der Waals surface area contributed by atoms with Gasteiger partial charge < -0.3 is 10.2 Å². The van der Waals surface area contributed by atoms with E-state index in [4.69, 9.17) is 0 Å². The van der Waals surface area contributed by atoms with Gasteiger partial charge in [-0.1, -0.05) is 6.07 Å². The molecule has 100 valence electrons. The number of hydrogen-bond donors (Lipinski definition) is 2. The van der Waals surface area contributed by atoms with Crippen molar-refractivity contribution in [2.45, 2.75) is 23.6 Å². The lowest BCUT2D eigenvalue weighted by atomic mass is 10.2. The highest BCUT2D eigenvalue weighted by molar-refractivity contribution is 7.91. The van der Waals surface area contributed by atoms with Gasteiger partial charge in [0.15, 0.2) is 0 Å². The molecule has 5 heteroatoms. The average Bonchev–Trinajstić information content (AvgIpc) is 2.31. The van der Waals surface area contributed by atoms with Crippen LogP contribution in [0.5, 0.6) is 11.5 Å². The lowest BCUT2D eigenvalue weighted by Crippen LogP contribution is -2.05. The van der Waals surface area contributed by atoms with Crippen molar-refractivity contribution in [1.82, 2.24) is 0 Å². The lowest BCUT2D eigenvalue weighted by Gasteiger charge is -2.10. The molecule has 2 aromatic rings. The van der Waals surface area contributed by atoms with Gasteiger partial charge in [-0.2, -0.15) is 0 Å². The topological polar surface area (TPSA) is 74.6 Å². The van der Waals surface area contributed by atoms with E-state index in [9.17, 15) is 18.6 Å². The minimum atomic E-state index is -3.71. The molecule has 0 amide bonds. The van der Waals surface area contributed by atoms with E-state index in [2.05, 4.69) is 0 Å². The number of phenolic OH excluding ortho intramolecular Hbond substituents is 2. The van der Waals surface area contributed by atoms with Crippen LogP contribution in [0, 0.1) is 13.8 Å². The second-order valence-electron chi connectivity index (χ2n) is 4.40. The van der Waals surface area contributed by atoms with Crippen LogP contribution in [0.1, 0.15) is 11.1 Å². The van der Waals surface area contributed by atoms with Gasteiger partial charge in [-0.25, -0.2) is 8.42 Å². The van der Waals surface area contributed by atoms with Gasteiger partial charge in [0.05, 0.1) is 9.79 Å². The zero-order chi connectivity index (χ0) is 14.2. The Labute approximate surface area is 111 Å². The van der Waals surface area contributed by atoms with E-state index in [0.717, 1.165) is 0 Å². The monoisotopic (exact) mass is 278 g/mol. The summed E-state index contributed by atoms with van der Waals surface area (Å²) < 4.78 is 25.1. The van der Waals surface area contributed by atoms with Crippen LogP contribution in [-0.2, 0) is 9.84 Å². The first-order valence-corrected chi connectivity index (χ1v) is 7.15. The molecule has 0 aliphatic rings. The molecule has 19 heavy (non-hydrogen) atoms. The molecule has 0 saturated heterocycles. The van der Waals surface area contributed by atoms with Crippen molar-refractivity contribution in [3.05, 3.63) is 47.5 Å². The fourth-order valence-corrected chi connectivity index (χ4v) is 3.67. The van der Waals surface area contributed by atoms with Gasteiger partial charge in [-0.15, -0.1) is 0 Å². The summed E-state index contributed by atoms with van der Waals surface area (Å²) in [4.78, 5) is 0.195. The van der Waals surface area contributed by atoms with Gasteiger partial charge in [0, 0.05) is 0 Å². The Morgan fingerprint density at radius 2 is 1.37 bits per heavy atom. The number of hydrogen-bond acceptors (Lipinski definition) is 4. The largest absolute Gasteiger partial charge is 0.508 e. The normalized spacial score (nSPS) is 11.5. The van der Waals surface area contributed by atoms with Gasteiger partial charge in [0.25, 0.3) is 0 Å². The van der Waals surface area contributed by atoms with Crippen LogP contribution < -0.4 is 0 Å². The first-order valence-electron chi connectivity index (χ1n) is 5.66. The van der Waals surface area contributed by atoms with Crippen LogP contribution in [-0.4, -0.2) is 18.6 Å². The molecule has 0 heterocycles. The second-order valence-corrected chi connectivity index (χ2v) is 6.29. The molecule has 0 unspecified atom stereocenters. The maximum Gasteiger partial charge on any atom is 0.207 e. The van der Waals surface area contributed by atoms with Gasteiger partial charge >= 0.3 is 0 Å². The average molecular weight is 278 g/mol. The minimum absolute atomic E-state index is 0.0177. The molecule has 0 aliphatic carbocycles. The lowest BCUT2D eigenvalue weighted by molar-refractivity contribution is 0.472. The third-order valence-corrected chi connectivity index (χ3v) is 4.97. The molecule has 4 nitrogen and oxygen atoms in total. The molecule has 0 spiro atoms. The van der Waals surface area contributed by atoms with Gasteiger partial charge in [-0.05, 0) is 55.3 Å². The third-order valence-electron chi connectivity index (χ3n) is 2.91. The summed E-state index contributed by atoms with van der Waals surface area (Å²) in [5.74, 6) is -0.0790. The maximum absolute atomic E-state index is 12.5. The van der Waals surface area contributed by atoms with Crippen molar-refractivity contribution >= 4 is 9.84 Å². The molecule has 2 aromatic carbocycles. The Kier molecular flexibility index (Phi) is 3.24. The van der Waals surface area contributed by atoms with E-state index in [1.54, 1.807) is 19.9 Å². The first-order chi connectivity index (χ1) is 8.82. The Morgan fingerprint density at radius 3 is 2.00 bits per heavy atom. The Bertz CT molecular complexity index is 733. The van der Waals surface area contributed by atoms with E-state index in [-0.39, 0.29) is 21.3 Å². The summed E-state index contributed by atoms with van der Waals surface area (Å²) in [7, 11) is -3.71. The van der Waals surface area contributed by atoms with Gasteiger partial charge in [0.2, 0.25) is 9.84 Å². The molecule has 0 bridgehead atoms. The van der Waals surface area contributed by atoms with E-state index < -0.39 is 9.84 Å². The van der Waals surface area contributed by atoms with E-state index in [1.807, 2.05) is 0 Å². The fourth-order valence-electron chi connectivity index (χ4n) is 1.93. The van der Waals surface area contributed by atoms with E-state index >= 15 is 0 Å². The quantitative estimate of drug-likeness (QED) is 0.885. The zero-order valence-corrected chi connectivity index (χ0v) is 11.4. The molecule has 0 aliphatic heterocycles. The van der Waals surface area contributed by atoms with Crippen molar-refractivity contribution in [3.63, 3.8) is 0 Å². The number of benzene rings is 2. The molecule has 2 rings (SSSR count). The highest BCUT2D eigenvalue weighted by Gasteiger charge is 2.22. The molecular weight excluding hydrogens is 264 g/mol. The summed E-state index contributed by atoms with van der Waals surface area (Å²) in [6.45, 7) is 3.28. The zero-order valence-electron chi connectivity index (χ0n) is 10.6. The SMILES string of the molecule is Cc1cc(O)ccc1S(=O)(=O)c1cc(O)ccc1C. The number of rotatable bonds is 2. The summed E-state index contributed by atoms with van der Waals surface area (Å²) >= 11 is 0. The standard InChI is InChI=1S/C14H14O4S/c1-9-3-4-12(16)8-14(9)19(17,18)13-6-5-11(15)7-10(13)2/h3-8,15-16H,1-2H3. The van der Waals surface area contributed by atoms with Crippen molar-refractivity contribution in [1.29, 1.82) is 0 Å². The second kappa shape index (κ2) is 4.59. The summed E-state index contributed by atoms with van der Waals surface area (Å²) in [6, 6.07) is 8.32. The predicted octanol–water partition coefficient (Wildman–Crippen LogP) is 2.55. The minimum Gasteiger partial charge on any atom is -0.508 e. The first kappa shape index (κ1) is 13.4. The van der Waals surface area contributed by atoms with Crippen molar-refractivity contribution in [3.8, 4) is 11.5 Å². The molecule has 0 aromatic heterocycles. The highest BCUT2D eigenvalue weighted by Crippen LogP contribution is 2.30. The van der Waals surface area contributed by atoms with Crippen molar-refractivity contribution < 1.29 is 18.6 Å². The maximum atomic E-state index is 12.5. The number of aromatic hydroxyl groups is 2. The number of phenols is 2. The Balaban J connectivity index is 2.69. The van der Waals surface area contributed by atoms with Crippen LogP contribution in [0.3, 0.4) is 0 Å². The van der Waals surface area contributed by atoms with Crippen LogP contribution in [0.15, 0.2) is 46.2 Å². The molecule has 0 fully saturated rings. The van der Waals surface area contributed by atoms with Crippen LogP contribution in [0.2, 0.25) is 0 Å². The third kappa shape index (κ3) is 2.42. The van der Waals surface area contributed by atoms with Gasteiger partial charge in [-0.3, -0.25) is 0 Å². The summed E-state index contributed by atoms with van der Waals surface area (Å²) in [6.07, 6.45) is 0. The van der Waals surface area contributed by atoms with Gasteiger partial charge in [0.1, 0.15) is 11.5 Å². The van der Waals surface area contributed by atoms with Crippen LogP contribution >= 0.6 is 0 Å². The van der Waals surface area contributed by atoms with E-state index in [1.165, 1.54) is 30.3 Å². The Hall–Kier alpha value is -2.01. The molecular formula is C14H14O4S. The fraction of sp³-hybridized carbons (Fsp3) is 0.143. The van der Waals surface area contributed by atoms with Crippen molar-refractivity contribution in [2.24, 2.45) is 0 Å². The smallest absolute Gasteiger partial charge is 0.207 e. The van der Waals surface area contributed by atoms with Crippen molar-refractivity contribution in [2.75, 3.05) is 0 Å². The molecule has 0 saturated carbocycles. The summed E-state index contributed by atoms with van der Waals surface area (Å²) in [5, 5.41) is 18.8. The van der Waals surface area contributed by atoms with Crippen LogP contribution in [0.4, 0.5) is 0 Å². The van der Waals surface area contributed by atoms with Crippen LogP contribution in [0.25, 0.3) is 0 Å². The molecule has 0 atom stereocenters.